The van der Waals surface area contributed by atoms with Crippen molar-refractivity contribution in [3.8, 4) is 0 Å². The quantitative estimate of drug-likeness (QED) is 0.888. The van der Waals surface area contributed by atoms with Crippen LogP contribution >= 0.6 is 0 Å². The van der Waals surface area contributed by atoms with Gasteiger partial charge in [0.15, 0.2) is 0 Å². The molecule has 0 bridgehead atoms. The van der Waals surface area contributed by atoms with E-state index in [9.17, 15) is 8.42 Å². The molecule has 1 aromatic heterocycles. The van der Waals surface area contributed by atoms with Crippen LogP contribution in [0.3, 0.4) is 0 Å². The molecule has 5 nitrogen and oxygen atoms in total. The van der Waals surface area contributed by atoms with Gasteiger partial charge in [-0.15, -0.1) is 0 Å². The molecule has 0 atom stereocenters. The molecule has 2 aromatic rings. The molecule has 0 aliphatic heterocycles. The van der Waals surface area contributed by atoms with Gasteiger partial charge in [-0.2, -0.15) is 0 Å². The Balaban J connectivity index is 2.00. The third-order valence-corrected chi connectivity index (χ3v) is 4.95. The summed E-state index contributed by atoms with van der Waals surface area (Å²) in [5.41, 5.74) is 2.04. The lowest BCUT2D eigenvalue weighted by Crippen LogP contribution is -2.26. The van der Waals surface area contributed by atoms with Crippen molar-refractivity contribution in [1.29, 1.82) is 0 Å². The zero-order valence-corrected chi connectivity index (χ0v) is 14.3. The largest absolute Gasteiger partial charge is 0.346 e. The predicted molar refractivity (Wildman–Crippen MR) is 87.4 cm³/mol. The van der Waals surface area contributed by atoms with E-state index in [-0.39, 0.29) is 5.41 Å². The van der Waals surface area contributed by atoms with E-state index in [1.54, 1.807) is 18.3 Å². The minimum absolute atomic E-state index is 0.00813. The van der Waals surface area contributed by atoms with Crippen molar-refractivity contribution in [2.75, 3.05) is 6.54 Å². The molecular weight excluding hydrogens is 298 g/mol. The van der Waals surface area contributed by atoms with Gasteiger partial charge in [0, 0.05) is 24.9 Å². The summed E-state index contributed by atoms with van der Waals surface area (Å²) in [6.45, 7) is 8.50. The summed E-state index contributed by atoms with van der Waals surface area (Å²) < 4.78 is 27.1. The molecule has 0 aliphatic carbocycles. The van der Waals surface area contributed by atoms with Crippen molar-refractivity contribution < 1.29 is 8.42 Å². The van der Waals surface area contributed by atoms with Crippen molar-refractivity contribution >= 4 is 10.0 Å². The van der Waals surface area contributed by atoms with Crippen molar-refractivity contribution in [2.45, 2.75) is 44.4 Å². The molecule has 1 heterocycles. The highest BCUT2D eigenvalue weighted by Gasteiger charge is 2.17. The molecule has 0 unspecified atom stereocenters. The molecule has 2 N–H and O–H groups in total. The van der Waals surface area contributed by atoms with E-state index in [1.807, 2.05) is 19.1 Å². The lowest BCUT2D eigenvalue weighted by Gasteiger charge is -2.19. The molecule has 120 valence electrons. The zero-order chi connectivity index (χ0) is 16.4. The maximum Gasteiger partial charge on any atom is 0.240 e. The number of imidazole rings is 1. The molecule has 0 aliphatic rings. The summed E-state index contributed by atoms with van der Waals surface area (Å²) in [4.78, 5) is 7.46. The first-order chi connectivity index (χ1) is 10.2. The monoisotopic (exact) mass is 321 g/mol. The fourth-order valence-corrected chi connectivity index (χ4v) is 3.17. The van der Waals surface area contributed by atoms with Crippen LogP contribution in [0, 0.1) is 6.92 Å². The van der Waals surface area contributed by atoms with Gasteiger partial charge >= 0.3 is 0 Å². The topological polar surface area (TPSA) is 74.8 Å². The summed E-state index contributed by atoms with van der Waals surface area (Å²) in [6, 6.07) is 7.05. The highest BCUT2D eigenvalue weighted by atomic mass is 32.2. The molecule has 0 radical (unpaired) electrons. The Morgan fingerprint density at radius 2 is 1.82 bits per heavy atom. The van der Waals surface area contributed by atoms with E-state index in [0.717, 1.165) is 17.1 Å². The van der Waals surface area contributed by atoms with E-state index < -0.39 is 10.0 Å². The predicted octanol–water partition coefficient (Wildman–Crippen LogP) is 2.54. The molecular formula is C16H23N3O2S. The second-order valence-electron chi connectivity index (χ2n) is 6.42. The molecule has 0 amide bonds. The Labute approximate surface area is 132 Å². The van der Waals surface area contributed by atoms with Gasteiger partial charge < -0.3 is 4.98 Å². The van der Waals surface area contributed by atoms with Gasteiger partial charge in [-0.25, -0.2) is 18.1 Å². The minimum atomic E-state index is -3.47. The van der Waals surface area contributed by atoms with Crippen molar-refractivity contribution in [2.24, 2.45) is 0 Å². The van der Waals surface area contributed by atoms with Crippen LogP contribution in [0.1, 0.15) is 37.9 Å². The number of hydrogen-bond donors (Lipinski definition) is 2. The Morgan fingerprint density at radius 1 is 1.18 bits per heavy atom. The molecule has 0 spiro atoms. The maximum absolute atomic E-state index is 12.3. The summed E-state index contributed by atoms with van der Waals surface area (Å²) in [5, 5.41) is 0. The Hall–Kier alpha value is -1.66. The van der Waals surface area contributed by atoms with E-state index in [4.69, 9.17) is 0 Å². The average Bonchev–Trinajstić information content (AvgIpc) is 2.83. The van der Waals surface area contributed by atoms with Crippen LogP contribution in [0.4, 0.5) is 0 Å². The van der Waals surface area contributed by atoms with Gasteiger partial charge in [0.25, 0.3) is 0 Å². The number of hydrogen-bond acceptors (Lipinski definition) is 3. The molecule has 0 saturated carbocycles. The number of rotatable bonds is 5. The van der Waals surface area contributed by atoms with Gasteiger partial charge in [0.1, 0.15) is 5.82 Å². The third-order valence-electron chi connectivity index (χ3n) is 3.47. The minimum Gasteiger partial charge on any atom is -0.346 e. The Bertz CT molecular complexity index is 725. The number of aryl methyl sites for hydroxylation is 1. The van der Waals surface area contributed by atoms with Crippen molar-refractivity contribution in [3.05, 3.63) is 47.5 Å². The van der Waals surface area contributed by atoms with E-state index in [1.165, 1.54) is 0 Å². The van der Waals surface area contributed by atoms with Crippen LogP contribution in [0.15, 0.2) is 35.4 Å². The average molecular weight is 321 g/mol. The Morgan fingerprint density at radius 3 is 2.32 bits per heavy atom. The highest BCUT2D eigenvalue weighted by molar-refractivity contribution is 7.89. The third kappa shape index (κ3) is 4.18. The van der Waals surface area contributed by atoms with Crippen LogP contribution in [-0.4, -0.2) is 24.9 Å². The molecule has 0 saturated heterocycles. The fourth-order valence-electron chi connectivity index (χ4n) is 2.14. The summed E-state index contributed by atoms with van der Waals surface area (Å²) in [7, 11) is -3.47. The molecule has 6 heteroatoms. The molecule has 2 rings (SSSR count). The number of aromatic amines is 1. The lowest BCUT2D eigenvalue weighted by molar-refractivity contribution is 0.578. The maximum atomic E-state index is 12.3. The first-order valence-electron chi connectivity index (χ1n) is 7.29. The van der Waals surface area contributed by atoms with Crippen LogP contribution in [0.2, 0.25) is 0 Å². The first-order valence-corrected chi connectivity index (χ1v) is 8.77. The smallest absolute Gasteiger partial charge is 0.240 e. The number of aromatic nitrogens is 2. The normalized spacial score (nSPS) is 12.5. The van der Waals surface area contributed by atoms with Crippen LogP contribution in [0.25, 0.3) is 0 Å². The van der Waals surface area contributed by atoms with Gasteiger partial charge in [-0.3, -0.25) is 0 Å². The SMILES string of the molecule is Cc1ncc(CCNS(=O)(=O)c2ccc(C(C)(C)C)cc2)[nH]1. The van der Waals surface area contributed by atoms with Gasteiger partial charge in [0.2, 0.25) is 10.0 Å². The van der Waals surface area contributed by atoms with Gasteiger partial charge in [-0.1, -0.05) is 32.9 Å². The summed E-state index contributed by atoms with van der Waals surface area (Å²) in [5.74, 6) is 0.829. The zero-order valence-electron chi connectivity index (χ0n) is 13.5. The molecule has 22 heavy (non-hydrogen) atoms. The summed E-state index contributed by atoms with van der Waals surface area (Å²) >= 11 is 0. The van der Waals surface area contributed by atoms with E-state index in [2.05, 4.69) is 35.5 Å². The van der Waals surface area contributed by atoms with Crippen LogP contribution in [0.5, 0.6) is 0 Å². The summed E-state index contributed by atoms with van der Waals surface area (Å²) in [6.07, 6.45) is 2.31. The highest BCUT2D eigenvalue weighted by Crippen LogP contribution is 2.23. The molecule has 0 fully saturated rings. The first kappa shape index (κ1) is 16.7. The van der Waals surface area contributed by atoms with E-state index >= 15 is 0 Å². The second kappa shape index (κ2) is 6.22. The number of sulfonamides is 1. The molecule has 1 aromatic carbocycles. The van der Waals surface area contributed by atoms with Crippen LogP contribution in [-0.2, 0) is 21.9 Å². The van der Waals surface area contributed by atoms with Gasteiger partial charge in [-0.05, 0) is 30.0 Å². The van der Waals surface area contributed by atoms with Crippen LogP contribution < -0.4 is 4.72 Å². The van der Waals surface area contributed by atoms with Crippen molar-refractivity contribution in [1.82, 2.24) is 14.7 Å². The number of H-pyrrole nitrogens is 1. The number of nitrogens with one attached hydrogen (secondary N) is 2. The van der Waals surface area contributed by atoms with Gasteiger partial charge in [0.05, 0.1) is 4.90 Å². The second-order valence-corrected chi connectivity index (χ2v) is 8.18. The van der Waals surface area contributed by atoms with Crippen molar-refractivity contribution in [3.63, 3.8) is 0 Å². The standard InChI is InChI=1S/C16H23N3O2S/c1-12-17-11-14(19-12)9-10-18-22(20,21)15-7-5-13(6-8-15)16(2,3)4/h5-8,11,18H,9-10H2,1-4H3,(H,17,19). The number of benzene rings is 1. The Kier molecular flexibility index (Phi) is 4.72. The van der Waals surface area contributed by atoms with E-state index in [0.29, 0.717) is 17.9 Å². The number of nitrogens with zero attached hydrogens (tertiary/aromatic N) is 1. The fraction of sp³-hybridized carbons (Fsp3) is 0.438. The lowest BCUT2D eigenvalue weighted by atomic mass is 9.87.